The van der Waals surface area contributed by atoms with E-state index in [0.717, 1.165) is 24.0 Å². The third-order valence-corrected chi connectivity index (χ3v) is 5.84. The fourth-order valence-corrected chi connectivity index (χ4v) is 4.45. The van der Waals surface area contributed by atoms with E-state index in [2.05, 4.69) is 0 Å². The molecular formula is C18H18ClNO2S. The van der Waals surface area contributed by atoms with Crippen molar-refractivity contribution in [2.45, 2.75) is 18.9 Å². The topological polar surface area (TPSA) is 37.4 Å². The molecule has 0 aromatic heterocycles. The second-order valence-corrected chi connectivity index (χ2v) is 7.79. The summed E-state index contributed by atoms with van der Waals surface area (Å²) in [5, 5.41) is 1.92. The van der Waals surface area contributed by atoms with Crippen molar-refractivity contribution in [2.24, 2.45) is 0 Å². The summed E-state index contributed by atoms with van der Waals surface area (Å²) in [6.07, 6.45) is 3.36. The van der Waals surface area contributed by atoms with E-state index >= 15 is 0 Å². The summed E-state index contributed by atoms with van der Waals surface area (Å²) in [4.78, 5) is 0. The van der Waals surface area contributed by atoms with Crippen molar-refractivity contribution in [3.05, 3.63) is 76.2 Å². The van der Waals surface area contributed by atoms with Gasteiger partial charge in [0.05, 0.1) is 6.04 Å². The van der Waals surface area contributed by atoms with Gasteiger partial charge in [-0.15, -0.1) is 0 Å². The minimum atomic E-state index is -3.45. The first-order valence-corrected chi connectivity index (χ1v) is 9.45. The van der Waals surface area contributed by atoms with Crippen LogP contribution in [0.5, 0.6) is 0 Å². The largest absolute Gasteiger partial charge is 0.236 e. The molecule has 1 aliphatic rings. The van der Waals surface area contributed by atoms with Crippen molar-refractivity contribution in [3.8, 4) is 0 Å². The molecular weight excluding hydrogens is 330 g/mol. The zero-order valence-corrected chi connectivity index (χ0v) is 14.2. The van der Waals surface area contributed by atoms with Crippen LogP contribution in [0.4, 0.5) is 0 Å². The van der Waals surface area contributed by atoms with Crippen LogP contribution in [0.15, 0.2) is 60.0 Å². The summed E-state index contributed by atoms with van der Waals surface area (Å²) >= 11 is 5.84. The zero-order chi connectivity index (χ0) is 16.3. The summed E-state index contributed by atoms with van der Waals surface area (Å²) in [7, 11) is -3.45. The van der Waals surface area contributed by atoms with E-state index in [-0.39, 0.29) is 6.04 Å². The maximum Gasteiger partial charge on any atom is 0.236 e. The Morgan fingerprint density at radius 1 is 1.04 bits per heavy atom. The molecule has 5 heteroatoms. The van der Waals surface area contributed by atoms with Gasteiger partial charge in [-0.05, 0) is 42.2 Å². The van der Waals surface area contributed by atoms with Crippen molar-refractivity contribution in [1.82, 2.24) is 4.31 Å². The first-order valence-electron chi connectivity index (χ1n) is 7.57. The van der Waals surface area contributed by atoms with Gasteiger partial charge < -0.3 is 0 Å². The molecule has 0 amide bonds. The van der Waals surface area contributed by atoms with E-state index in [4.69, 9.17) is 11.6 Å². The molecule has 1 atom stereocenters. The van der Waals surface area contributed by atoms with Gasteiger partial charge in [0.25, 0.3) is 0 Å². The van der Waals surface area contributed by atoms with Gasteiger partial charge in [0.1, 0.15) is 0 Å². The molecule has 1 saturated heterocycles. The lowest BCUT2D eigenvalue weighted by Gasteiger charge is -2.22. The average molecular weight is 348 g/mol. The average Bonchev–Trinajstić information content (AvgIpc) is 3.06. The van der Waals surface area contributed by atoms with Gasteiger partial charge in [0.2, 0.25) is 10.0 Å². The molecule has 1 fully saturated rings. The molecule has 2 aromatic carbocycles. The van der Waals surface area contributed by atoms with Crippen molar-refractivity contribution in [3.63, 3.8) is 0 Å². The number of hydrogen-bond acceptors (Lipinski definition) is 2. The lowest BCUT2D eigenvalue weighted by atomic mass is 10.1. The van der Waals surface area contributed by atoms with Crippen molar-refractivity contribution >= 4 is 27.7 Å². The van der Waals surface area contributed by atoms with Gasteiger partial charge >= 0.3 is 0 Å². The molecule has 0 spiro atoms. The quantitative estimate of drug-likeness (QED) is 0.817. The molecule has 1 heterocycles. The lowest BCUT2D eigenvalue weighted by molar-refractivity contribution is 0.403. The molecule has 0 aliphatic carbocycles. The molecule has 3 nitrogen and oxygen atoms in total. The number of hydrogen-bond donors (Lipinski definition) is 0. The number of rotatable bonds is 4. The zero-order valence-electron chi connectivity index (χ0n) is 12.6. The van der Waals surface area contributed by atoms with Crippen LogP contribution in [0.2, 0.25) is 5.02 Å². The van der Waals surface area contributed by atoms with Gasteiger partial charge in [-0.25, -0.2) is 8.42 Å². The highest BCUT2D eigenvalue weighted by atomic mass is 35.5. The second-order valence-electron chi connectivity index (χ2n) is 5.58. The number of halogens is 1. The van der Waals surface area contributed by atoms with Crippen LogP contribution in [0.3, 0.4) is 0 Å². The Balaban J connectivity index is 1.82. The summed E-state index contributed by atoms with van der Waals surface area (Å²) in [6, 6.07) is 16.8. The normalized spacial score (nSPS) is 19.4. The van der Waals surface area contributed by atoms with Crippen LogP contribution < -0.4 is 0 Å². The van der Waals surface area contributed by atoms with Gasteiger partial charge in [-0.1, -0.05) is 54.1 Å². The van der Waals surface area contributed by atoms with E-state index in [1.54, 1.807) is 34.6 Å². The SMILES string of the molecule is O=S(=O)(/C=C/c1ccc(Cl)cc1)N1CCCC1c1ccccc1. The third kappa shape index (κ3) is 3.83. The molecule has 1 unspecified atom stereocenters. The first kappa shape index (κ1) is 16.2. The highest BCUT2D eigenvalue weighted by Gasteiger charge is 2.33. The Hall–Kier alpha value is -1.62. The molecule has 2 aromatic rings. The Bertz CT molecular complexity index is 786. The maximum atomic E-state index is 12.7. The fourth-order valence-electron chi connectivity index (χ4n) is 2.87. The second kappa shape index (κ2) is 6.87. The van der Waals surface area contributed by atoms with Crippen LogP contribution >= 0.6 is 11.6 Å². The standard InChI is InChI=1S/C18H18ClNO2S/c19-17-10-8-15(9-11-17)12-14-23(21,22)20-13-4-7-18(20)16-5-2-1-3-6-16/h1-3,5-6,8-12,14,18H,4,7,13H2/b14-12+. The van der Waals surface area contributed by atoms with Gasteiger partial charge in [-0.3, -0.25) is 0 Å². The van der Waals surface area contributed by atoms with E-state index < -0.39 is 10.0 Å². The van der Waals surface area contributed by atoms with Crippen molar-refractivity contribution in [1.29, 1.82) is 0 Å². The summed E-state index contributed by atoms with van der Waals surface area (Å²) in [5.74, 6) is 0. The Morgan fingerprint density at radius 3 is 2.43 bits per heavy atom. The van der Waals surface area contributed by atoms with Crippen LogP contribution in [0.1, 0.15) is 30.0 Å². The van der Waals surface area contributed by atoms with E-state index in [1.807, 2.05) is 30.3 Å². The summed E-state index contributed by atoms with van der Waals surface area (Å²) in [6.45, 7) is 0.562. The molecule has 0 bridgehead atoms. The summed E-state index contributed by atoms with van der Waals surface area (Å²) < 4.78 is 26.9. The molecule has 23 heavy (non-hydrogen) atoms. The Kier molecular flexibility index (Phi) is 4.85. The molecule has 3 rings (SSSR count). The minimum absolute atomic E-state index is 0.0731. The summed E-state index contributed by atoms with van der Waals surface area (Å²) in [5.41, 5.74) is 1.86. The van der Waals surface area contributed by atoms with Gasteiger partial charge in [-0.2, -0.15) is 4.31 Å². The predicted molar refractivity (Wildman–Crippen MR) is 94.5 cm³/mol. The van der Waals surface area contributed by atoms with Gasteiger partial charge in [0, 0.05) is 17.0 Å². The molecule has 0 saturated carbocycles. The molecule has 1 aliphatic heterocycles. The maximum absolute atomic E-state index is 12.7. The van der Waals surface area contributed by atoms with E-state index in [0.29, 0.717) is 11.6 Å². The first-order chi connectivity index (χ1) is 11.1. The lowest BCUT2D eigenvalue weighted by Crippen LogP contribution is -2.28. The number of nitrogens with zero attached hydrogens (tertiary/aromatic N) is 1. The van der Waals surface area contributed by atoms with Crippen LogP contribution in [0.25, 0.3) is 6.08 Å². The monoisotopic (exact) mass is 347 g/mol. The minimum Gasteiger partial charge on any atom is -0.207 e. The van der Waals surface area contributed by atoms with Crippen molar-refractivity contribution in [2.75, 3.05) is 6.54 Å². The van der Waals surface area contributed by atoms with Crippen LogP contribution in [-0.4, -0.2) is 19.3 Å². The molecule has 0 N–H and O–H groups in total. The predicted octanol–water partition coefficient (Wildman–Crippen LogP) is 4.48. The Labute approximate surface area is 142 Å². The fraction of sp³-hybridized carbons (Fsp3) is 0.222. The molecule has 120 valence electrons. The van der Waals surface area contributed by atoms with Gasteiger partial charge in [0.15, 0.2) is 0 Å². The highest BCUT2D eigenvalue weighted by Crippen LogP contribution is 2.34. The molecule has 0 radical (unpaired) electrons. The van der Waals surface area contributed by atoms with Crippen LogP contribution in [0, 0.1) is 0 Å². The smallest absolute Gasteiger partial charge is 0.207 e. The Morgan fingerprint density at radius 2 is 1.74 bits per heavy atom. The van der Waals surface area contributed by atoms with E-state index in [9.17, 15) is 8.42 Å². The number of sulfonamides is 1. The number of benzene rings is 2. The highest BCUT2D eigenvalue weighted by molar-refractivity contribution is 7.92. The van der Waals surface area contributed by atoms with Crippen LogP contribution in [-0.2, 0) is 10.0 Å². The van der Waals surface area contributed by atoms with Crippen molar-refractivity contribution < 1.29 is 8.42 Å². The van der Waals surface area contributed by atoms with E-state index in [1.165, 1.54) is 5.41 Å². The third-order valence-electron chi connectivity index (χ3n) is 4.02.